The van der Waals surface area contributed by atoms with E-state index in [9.17, 15) is 14.4 Å². The van der Waals surface area contributed by atoms with Crippen molar-refractivity contribution in [2.75, 3.05) is 19.8 Å². The van der Waals surface area contributed by atoms with Crippen LogP contribution in [0.4, 0.5) is 0 Å². The third kappa shape index (κ3) is 4.45. The molecule has 0 spiro atoms. The first-order valence-corrected chi connectivity index (χ1v) is 8.59. The summed E-state index contributed by atoms with van der Waals surface area (Å²) in [6.45, 7) is 5.80. The van der Waals surface area contributed by atoms with Gasteiger partial charge in [0.05, 0.1) is 29.9 Å². The summed E-state index contributed by atoms with van der Waals surface area (Å²) in [6.07, 6.45) is 2.91. The molecule has 1 aromatic rings. The number of fused-ring (bicyclic) bond motifs is 1. The summed E-state index contributed by atoms with van der Waals surface area (Å²) in [5.74, 6) is -1.11. The summed E-state index contributed by atoms with van der Waals surface area (Å²) in [6, 6.07) is 6.73. The van der Waals surface area contributed by atoms with Crippen LogP contribution in [0.3, 0.4) is 0 Å². The van der Waals surface area contributed by atoms with E-state index in [0.717, 1.165) is 19.3 Å². The van der Waals surface area contributed by atoms with Crippen LogP contribution in [-0.4, -0.2) is 48.0 Å². The molecule has 0 saturated heterocycles. The van der Waals surface area contributed by atoms with Crippen molar-refractivity contribution >= 4 is 17.8 Å². The predicted molar refractivity (Wildman–Crippen MR) is 92.3 cm³/mol. The Kier molecular flexibility index (Phi) is 6.31. The second kappa shape index (κ2) is 8.25. The predicted octanol–water partition coefficient (Wildman–Crippen LogP) is 2.81. The number of carbonyl (C=O) groups excluding carboxylic acids is 3. The molecular formula is C19H25NO5. The Morgan fingerprint density at radius 2 is 1.68 bits per heavy atom. The van der Waals surface area contributed by atoms with Crippen molar-refractivity contribution in [2.24, 2.45) is 0 Å². The molecule has 0 N–H and O–H groups in total. The number of amides is 2. The minimum Gasteiger partial charge on any atom is -0.464 e. The molecule has 0 aromatic heterocycles. The molecule has 6 nitrogen and oxygen atoms in total. The quantitative estimate of drug-likeness (QED) is 0.390. The van der Waals surface area contributed by atoms with Crippen LogP contribution in [0.1, 0.15) is 60.7 Å². The Labute approximate surface area is 148 Å². The summed E-state index contributed by atoms with van der Waals surface area (Å²) in [5, 5.41) is 0. The van der Waals surface area contributed by atoms with E-state index in [0.29, 0.717) is 17.7 Å². The van der Waals surface area contributed by atoms with E-state index in [1.165, 1.54) is 4.90 Å². The lowest BCUT2D eigenvalue weighted by molar-refractivity contribution is -0.150. The average molecular weight is 347 g/mol. The van der Waals surface area contributed by atoms with Gasteiger partial charge in [0.2, 0.25) is 0 Å². The van der Waals surface area contributed by atoms with Crippen molar-refractivity contribution in [3.05, 3.63) is 35.4 Å². The largest absolute Gasteiger partial charge is 0.464 e. The topological polar surface area (TPSA) is 72.9 Å². The van der Waals surface area contributed by atoms with Crippen LogP contribution in [-0.2, 0) is 14.3 Å². The maximum Gasteiger partial charge on any atom is 0.332 e. The number of imide groups is 1. The highest BCUT2D eigenvalue weighted by Crippen LogP contribution is 2.29. The van der Waals surface area contributed by atoms with Gasteiger partial charge in [-0.3, -0.25) is 14.5 Å². The van der Waals surface area contributed by atoms with Gasteiger partial charge < -0.3 is 9.47 Å². The standard InChI is InChI=1S/C19H25NO5/c1-4-5-8-11-25-16(21)12-24-13-19(2,3)20-17(22)14-9-6-7-10-15(14)18(20)23/h6-7,9-10H,4-5,8,11-13H2,1-3H3. The molecule has 0 bridgehead atoms. The Hall–Kier alpha value is -2.21. The van der Waals surface area contributed by atoms with Gasteiger partial charge in [0, 0.05) is 0 Å². The van der Waals surface area contributed by atoms with Gasteiger partial charge in [-0.1, -0.05) is 31.9 Å². The molecule has 1 heterocycles. The van der Waals surface area contributed by atoms with Crippen LogP contribution in [0.15, 0.2) is 24.3 Å². The smallest absolute Gasteiger partial charge is 0.332 e. The van der Waals surface area contributed by atoms with Crippen LogP contribution >= 0.6 is 0 Å². The molecular weight excluding hydrogens is 322 g/mol. The van der Waals surface area contributed by atoms with E-state index in [1.807, 2.05) is 0 Å². The highest BCUT2D eigenvalue weighted by molar-refractivity contribution is 6.21. The Morgan fingerprint density at radius 1 is 1.08 bits per heavy atom. The fraction of sp³-hybridized carbons (Fsp3) is 0.526. The zero-order valence-corrected chi connectivity index (χ0v) is 15.0. The second-order valence-electron chi connectivity index (χ2n) is 6.72. The number of carbonyl (C=O) groups is 3. The molecule has 25 heavy (non-hydrogen) atoms. The summed E-state index contributed by atoms with van der Waals surface area (Å²) >= 11 is 0. The molecule has 0 atom stereocenters. The molecule has 0 fully saturated rings. The van der Waals surface area contributed by atoms with Crippen LogP contribution in [0, 0.1) is 0 Å². The van der Waals surface area contributed by atoms with Crippen molar-refractivity contribution in [1.29, 1.82) is 0 Å². The first-order chi connectivity index (χ1) is 11.9. The minimum atomic E-state index is -0.865. The monoisotopic (exact) mass is 347 g/mol. The van der Waals surface area contributed by atoms with Crippen molar-refractivity contribution < 1.29 is 23.9 Å². The average Bonchev–Trinajstić information content (AvgIpc) is 2.84. The fourth-order valence-corrected chi connectivity index (χ4v) is 2.77. The summed E-state index contributed by atoms with van der Waals surface area (Å²) in [4.78, 5) is 37.8. The number of esters is 1. The first-order valence-electron chi connectivity index (χ1n) is 8.59. The molecule has 1 aliphatic rings. The Morgan fingerprint density at radius 3 is 2.24 bits per heavy atom. The van der Waals surface area contributed by atoms with Crippen LogP contribution in [0.5, 0.6) is 0 Å². The van der Waals surface area contributed by atoms with Gasteiger partial charge in [0.25, 0.3) is 11.8 Å². The zero-order chi connectivity index (χ0) is 18.4. The zero-order valence-electron chi connectivity index (χ0n) is 15.0. The number of ether oxygens (including phenoxy) is 2. The normalized spacial score (nSPS) is 14.0. The van der Waals surface area contributed by atoms with E-state index >= 15 is 0 Å². The number of hydrogen-bond acceptors (Lipinski definition) is 5. The fourth-order valence-electron chi connectivity index (χ4n) is 2.77. The van der Waals surface area contributed by atoms with Gasteiger partial charge in [0.1, 0.15) is 6.61 Å². The van der Waals surface area contributed by atoms with Crippen molar-refractivity contribution in [3.8, 4) is 0 Å². The van der Waals surface area contributed by atoms with Crippen molar-refractivity contribution in [3.63, 3.8) is 0 Å². The highest BCUT2D eigenvalue weighted by Gasteiger charge is 2.44. The lowest BCUT2D eigenvalue weighted by Gasteiger charge is -2.33. The highest BCUT2D eigenvalue weighted by atomic mass is 16.6. The van der Waals surface area contributed by atoms with E-state index in [1.54, 1.807) is 38.1 Å². The van der Waals surface area contributed by atoms with Crippen molar-refractivity contribution in [2.45, 2.75) is 45.6 Å². The SMILES string of the molecule is CCCCCOC(=O)COCC(C)(C)N1C(=O)c2ccccc2C1=O. The van der Waals surface area contributed by atoms with Gasteiger partial charge in [-0.15, -0.1) is 0 Å². The number of benzene rings is 1. The molecule has 6 heteroatoms. The first kappa shape index (κ1) is 19.1. The van der Waals surface area contributed by atoms with Crippen LogP contribution < -0.4 is 0 Å². The van der Waals surface area contributed by atoms with Crippen molar-refractivity contribution in [1.82, 2.24) is 4.90 Å². The second-order valence-corrected chi connectivity index (χ2v) is 6.72. The van der Waals surface area contributed by atoms with E-state index in [2.05, 4.69) is 6.92 Å². The lowest BCUT2D eigenvalue weighted by Crippen LogP contribution is -2.50. The molecule has 2 amide bonds. The van der Waals surface area contributed by atoms with Gasteiger partial charge in [-0.2, -0.15) is 0 Å². The number of rotatable bonds is 9. The summed E-state index contributed by atoms with van der Waals surface area (Å²) in [5.41, 5.74) is -0.0674. The summed E-state index contributed by atoms with van der Waals surface area (Å²) in [7, 11) is 0. The summed E-state index contributed by atoms with van der Waals surface area (Å²) < 4.78 is 10.5. The minimum absolute atomic E-state index is 0.0581. The van der Waals surface area contributed by atoms with E-state index < -0.39 is 11.5 Å². The molecule has 1 aliphatic heterocycles. The molecule has 0 saturated carbocycles. The molecule has 136 valence electrons. The number of nitrogens with zero attached hydrogens (tertiary/aromatic N) is 1. The van der Waals surface area contributed by atoms with Gasteiger partial charge in [-0.25, -0.2) is 4.79 Å². The molecule has 0 aliphatic carbocycles. The maximum absolute atomic E-state index is 12.5. The molecule has 2 rings (SSSR count). The number of hydrogen-bond donors (Lipinski definition) is 0. The third-order valence-corrected chi connectivity index (χ3v) is 4.09. The molecule has 1 aromatic carbocycles. The van der Waals surface area contributed by atoms with Gasteiger partial charge >= 0.3 is 5.97 Å². The number of unbranched alkanes of at least 4 members (excludes halogenated alkanes) is 2. The molecule has 0 unspecified atom stereocenters. The maximum atomic E-state index is 12.5. The third-order valence-electron chi connectivity index (χ3n) is 4.09. The van der Waals surface area contributed by atoms with Gasteiger partial charge in [-0.05, 0) is 32.4 Å². The Balaban J connectivity index is 1.87. The van der Waals surface area contributed by atoms with E-state index in [-0.39, 0.29) is 25.0 Å². The van der Waals surface area contributed by atoms with Gasteiger partial charge in [0.15, 0.2) is 0 Å². The van der Waals surface area contributed by atoms with Crippen LogP contribution in [0.2, 0.25) is 0 Å². The molecule has 0 radical (unpaired) electrons. The lowest BCUT2D eigenvalue weighted by atomic mass is 10.0. The van der Waals surface area contributed by atoms with E-state index in [4.69, 9.17) is 9.47 Å². The van der Waals surface area contributed by atoms with Crippen LogP contribution in [0.25, 0.3) is 0 Å². The Bertz CT molecular complexity index is 618.